The number of carbonyl (C=O) groups excluding carboxylic acids is 3. The molecule has 0 spiro atoms. The highest BCUT2D eigenvalue weighted by Gasteiger charge is 2.42. The first-order chi connectivity index (χ1) is 22.3. The minimum atomic E-state index is -0.384. The number of fused-ring (bicyclic) bond motifs is 2. The van der Waals surface area contributed by atoms with Gasteiger partial charge in [0.05, 0.1) is 12.1 Å². The smallest absolute Gasteiger partial charge is 0.332 e. The maximum Gasteiger partial charge on any atom is 0.332 e. The van der Waals surface area contributed by atoms with Gasteiger partial charge in [0.2, 0.25) is 5.91 Å². The molecule has 1 aromatic carbocycles. The van der Waals surface area contributed by atoms with Gasteiger partial charge in [-0.2, -0.15) is 11.8 Å². The van der Waals surface area contributed by atoms with Crippen LogP contribution in [0.5, 0.6) is 5.75 Å². The van der Waals surface area contributed by atoms with Crippen LogP contribution in [0.15, 0.2) is 33.9 Å². The van der Waals surface area contributed by atoms with Crippen LogP contribution in [0.3, 0.4) is 0 Å². The van der Waals surface area contributed by atoms with Crippen molar-refractivity contribution < 1.29 is 19.1 Å². The summed E-state index contributed by atoms with van der Waals surface area (Å²) in [4.78, 5) is 69.5. The molecule has 0 aliphatic carbocycles. The van der Waals surface area contributed by atoms with Gasteiger partial charge in [-0.3, -0.25) is 23.5 Å². The van der Waals surface area contributed by atoms with Crippen molar-refractivity contribution in [1.29, 1.82) is 0 Å². The molecule has 5 rings (SSSR count). The molecule has 2 aliphatic heterocycles. The Morgan fingerprint density at radius 1 is 0.978 bits per heavy atom. The zero-order valence-electron chi connectivity index (χ0n) is 26.2. The van der Waals surface area contributed by atoms with E-state index in [1.54, 1.807) is 24.3 Å². The van der Waals surface area contributed by atoms with Crippen molar-refractivity contribution >= 4 is 40.8 Å². The summed E-state index contributed by atoms with van der Waals surface area (Å²) in [5.41, 5.74) is 0.590. The fraction of sp³-hybridized carbons (Fsp3) is 0.548. The van der Waals surface area contributed by atoms with Crippen molar-refractivity contribution in [2.24, 2.45) is 0 Å². The number of urea groups is 1. The van der Waals surface area contributed by atoms with E-state index >= 15 is 0 Å². The number of carbonyl (C=O) groups is 3. The van der Waals surface area contributed by atoms with Crippen LogP contribution in [0.25, 0.3) is 22.6 Å². The van der Waals surface area contributed by atoms with E-state index in [0.29, 0.717) is 66.0 Å². The number of aromatic nitrogens is 4. The molecule has 3 aromatic rings. The molecule has 2 saturated heterocycles. The SMILES string of the molecule is CCCn1c(=O)c2[nH]c(-c3ccc(OCC(=O)NCCNC(=O)CCCC[C@@H]4SC[C@@H]5NC(=O)N[C@@H]54)cc3)nc2n(CCC)c1=O. The molecule has 248 valence electrons. The Morgan fingerprint density at radius 3 is 2.43 bits per heavy atom. The molecule has 46 heavy (non-hydrogen) atoms. The summed E-state index contributed by atoms with van der Waals surface area (Å²) >= 11 is 1.87. The predicted octanol–water partition coefficient (Wildman–Crippen LogP) is 1.71. The Kier molecular flexibility index (Phi) is 11.0. The average Bonchev–Trinajstić information content (AvgIpc) is 3.76. The lowest BCUT2D eigenvalue weighted by Crippen LogP contribution is -2.40. The van der Waals surface area contributed by atoms with E-state index in [2.05, 4.69) is 31.2 Å². The number of hydrogen-bond acceptors (Lipinski definition) is 8. The van der Waals surface area contributed by atoms with Crippen molar-refractivity contribution in [2.45, 2.75) is 82.8 Å². The number of nitrogens with zero attached hydrogens (tertiary/aromatic N) is 3. The molecule has 14 nitrogen and oxygen atoms in total. The van der Waals surface area contributed by atoms with Crippen molar-refractivity contribution in [2.75, 3.05) is 25.4 Å². The first-order valence-electron chi connectivity index (χ1n) is 16.0. The number of rotatable bonds is 16. The van der Waals surface area contributed by atoms with E-state index < -0.39 is 0 Å². The Hall–Kier alpha value is -4.27. The lowest BCUT2D eigenvalue weighted by atomic mass is 10.0. The Labute approximate surface area is 270 Å². The number of unbranched alkanes of at least 4 members (excludes halogenated alkanes) is 1. The fourth-order valence-electron chi connectivity index (χ4n) is 5.82. The zero-order valence-corrected chi connectivity index (χ0v) is 27.0. The van der Waals surface area contributed by atoms with Gasteiger partial charge in [0.15, 0.2) is 12.3 Å². The van der Waals surface area contributed by atoms with Crippen LogP contribution < -0.4 is 37.3 Å². The predicted molar refractivity (Wildman–Crippen MR) is 176 cm³/mol. The Balaban J connectivity index is 1.02. The fourth-order valence-corrected chi connectivity index (χ4v) is 7.37. The van der Waals surface area contributed by atoms with Crippen molar-refractivity contribution in [3.63, 3.8) is 0 Å². The van der Waals surface area contributed by atoms with Gasteiger partial charge in [0.1, 0.15) is 17.1 Å². The second-order valence-electron chi connectivity index (χ2n) is 11.6. The quantitative estimate of drug-likeness (QED) is 0.114. The maximum atomic E-state index is 13.0. The third-order valence-corrected chi connectivity index (χ3v) is 9.61. The monoisotopic (exact) mass is 654 g/mol. The lowest BCUT2D eigenvalue weighted by Gasteiger charge is -2.16. The van der Waals surface area contributed by atoms with E-state index in [9.17, 15) is 24.0 Å². The third-order valence-electron chi connectivity index (χ3n) is 8.10. The largest absolute Gasteiger partial charge is 0.484 e. The van der Waals surface area contributed by atoms with E-state index in [1.165, 1.54) is 9.13 Å². The van der Waals surface area contributed by atoms with Gasteiger partial charge < -0.3 is 31.0 Å². The average molecular weight is 655 g/mol. The minimum Gasteiger partial charge on any atom is -0.484 e. The number of nitrogens with one attached hydrogen (secondary N) is 5. The number of imidazole rings is 1. The summed E-state index contributed by atoms with van der Waals surface area (Å²) in [5.74, 6) is 1.50. The van der Waals surface area contributed by atoms with Crippen LogP contribution in [0.2, 0.25) is 0 Å². The first kappa shape index (κ1) is 33.1. The van der Waals surface area contributed by atoms with Gasteiger partial charge in [-0.25, -0.2) is 14.6 Å². The number of hydrogen-bond donors (Lipinski definition) is 5. The number of H-pyrrole nitrogens is 1. The van der Waals surface area contributed by atoms with Gasteiger partial charge in [-0.15, -0.1) is 0 Å². The van der Waals surface area contributed by atoms with Crippen LogP contribution >= 0.6 is 11.8 Å². The molecule has 0 unspecified atom stereocenters. The lowest BCUT2D eigenvalue weighted by molar-refractivity contribution is -0.124. The summed E-state index contributed by atoms with van der Waals surface area (Å²) in [6.45, 7) is 5.09. The molecule has 3 atom stereocenters. The Morgan fingerprint density at radius 2 is 1.70 bits per heavy atom. The molecular weight excluding hydrogens is 612 g/mol. The molecule has 0 radical (unpaired) electrons. The van der Waals surface area contributed by atoms with E-state index in [0.717, 1.165) is 31.4 Å². The molecule has 2 fully saturated rings. The van der Waals surface area contributed by atoms with Crippen LogP contribution in [0.4, 0.5) is 4.79 Å². The molecule has 2 aliphatic rings. The van der Waals surface area contributed by atoms with E-state index in [4.69, 9.17) is 4.74 Å². The van der Waals surface area contributed by atoms with Crippen LogP contribution in [0.1, 0.15) is 52.4 Å². The standard InChI is InChI=1S/C31H42N8O6S/c1-3-15-38-28-26(29(42)39(16-4-2)31(38)44)35-27(37-28)19-9-11-20(12-10-19)45-17-24(41)33-14-13-32-23(40)8-6-5-7-22-25-21(18-46-22)34-30(43)36-25/h9-12,21-22,25H,3-8,13-18H2,1-2H3,(H,32,40)(H,33,41)(H,35,37)(H2,34,36,43)/t21-,22-,25-/m0/s1. The molecule has 15 heteroatoms. The summed E-state index contributed by atoms with van der Waals surface area (Å²) in [5, 5.41) is 11.9. The van der Waals surface area contributed by atoms with Gasteiger partial charge >= 0.3 is 11.7 Å². The number of thioether (sulfide) groups is 1. The molecule has 2 aromatic heterocycles. The second-order valence-corrected chi connectivity index (χ2v) is 12.8. The van der Waals surface area contributed by atoms with Gasteiger partial charge in [0.25, 0.3) is 11.5 Å². The van der Waals surface area contributed by atoms with Crippen molar-refractivity contribution in [3.05, 3.63) is 45.1 Å². The number of aryl methyl sites for hydroxylation is 1. The molecule has 4 amide bonds. The maximum absolute atomic E-state index is 13.0. The number of benzene rings is 1. The van der Waals surface area contributed by atoms with Crippen LogP contribution in [-0.4, -0.2) is 79.7 Å². The third kappa shape index (κ3) is 7.74. The highest BCUT2D eigenvalue weighted by molar-refractivity contribution is 8.00. The second kappa shape index (κ2) is 15.3. The Bertz CT molecular complexity index is 1670. The van der Waals surface area contributed by atoms with Crippen molar-refractivity contribution in [1.82, 2.24) is 40.4 Å². The first-order valence-corrected chi connectivity index (χ1v) is 17.0. The van der Waals surface area contributed by atoms with Gasteiger partial charge in [-0.1, -0.05) is 20.3 Å². The molecular formula is C31H42N8O6S. The molecule has 0 bridgehead atoms. The topological polar surface area (TPSA) is 181 Å². The zero-order chi connectivity index (χ0) is 32.6. The molecule has 4 heterocycles. The van der Waals surface area contributed by atoms with Crippen LogP contribution in [0, 0.1) is 0 Å². The minimum absolute atomic E-state index is 0.0527. The number of amides is 4. The van der Waals surface area contributed by atoms with Crippen LogP contribution in [-0.2, 0) is 22.7 Å². The normalized spacial score (nSPS) is 18.7. The summed E-state index contributed by atoms with van der Waals surface area (Å²) < 4.78 is 8.39. The number of aromatic amines is 1. The summed E-state index contributed by atoms with van der Waals surface area (Å²) in [6.07, 6.45) is 4.46. The van der Waals surface area contributed by atoms with Gasteiger partial charge in [0, 0.05) is 49.2 Å². The van der Waals surface area contributed by atoms with E-state index in [1.807, 2.05) is 25.6 Å². The van der Waals surface area contributed by atoms with Crippen molar-refractivity contribution in [3.8, 4) is 17.1 Å². The van der Waals surface area contributed by atoms with E-state index in [-0.39, 0.29) is 54.3 Å². The summed E-state index contributed by atoms with van der Waals surface area (Å²) in [6, 6.07) is 7.24. The summed E-state index contributed by atoms with van der Waals surface area (Å²) in [7, 11) is 0. The molecule has 0 saturated carbocycles. The molecule has 5 N–H and O–H groups in total. The van der Waals surface area contributed by atoms with Gasteiger partial charge in [-0.05, 0) is 49.9 Å². The highest BCUT2D eigenvalue weighted by Crippen LogP contribution is 2.33. The number of ether oxygens (including phenoxy) is 1. The highest BCUT2D eigenvalue weighted by atomic mass is 32.2.